The number of carboxylic acid groups (broad SMARTS) is 1. The summed E-state index contributed by atoms with van der Waals surface area (Å²) in [5, 5.41) is 11.9. The average Bonchev–Trinajstić information content (AvgIpc) is 2.64. The van der Waals surface area contributed by atoms with Gasteiger partial charge in [0.25, 0.3) is 0 Å². The van der Waals surface area contributed by atoms with E-state index in [0.717, 1.165) is 22.6 Å². The number of ether oxygens (including phenoxy) is 1. The summed E-state index contributed by atoms with van der Waals surface area (Å²) in [5.41, 5.74) is 2.92. The topological polar surface area (TPSA) is 58.6 Å². The first-order valence-corrected chi connectivity index (χ1v) is 4.79. The van der Waals surface area contributed by atoms with Crippen LogP contribution in [0.5, 0.6) is 5.75 Å². The van der Waals surface area contributed by atoms with Crippen molar-refractivity contribution in [1.29, 1.82) is 0 Å². The minimum Gasteiger partial charge on any atom is -0.496 e. The molecule has 2 N–H and O–H groups in total. The van der Waals surface area contributed by atoms with Crippen molar-refractivity contribution in [1.82, 2.24) is 0 Å². The van der Waals surface area contributed by atoms with Crippen LogP contribution >= 0.6 is 12.4 Å². The highest BCUT2D eigenvalue weighted by Crippen LogP contribution is 2.36. The van der Waals surface area contributed by atoms with Crippen LogP contribution in [-0.4, -0.2) is 24.2 Å². The number of carbonyl (C=O) groups is 1. The standard InChI is InChI=1S/C11H13NO3.ClH/c1-6-3-4-9(15-2)7-5-8(11(13)14)12-10(6)7;/h3-4,8,12H,5H2,1-2H3,(H,13,14);1H. The Balaban J connectivity index is 0.00000128. The van der Waals surface area contributed by atoms with Gasteiger partial charge in [0.15, 0.2) is 0 Å². The predicted molar refractivity (Wildman–Crippen MR) is 63.7 cm³/mol. The van der Waals surface area contributed by atoms with E-state index in [1.165, 1.54) is 0 Å². The minimum absolute atomic E-state index is 0. The lowest BCUT2D eigenvalue weighted by Gasteiger charge is -2.08. The van der Waals surface area contributed by atoms with Crippen molar-refractivity contribution in [3.8, 4) is 5.75 Å². The Hall–Kier alpha value is -1.42. The van der Waals surface area contributed by atoms with Gasteiger partial charge in [-0.15, -0.1) is 12.4 Å². The summed E-state index contributed by atoms with van der Waals surface area (Å²) in [6, 6.07) is 3.27. The SMILES string of the molecule is COc1ccc(C)c2c1CC(C(=O)O)N2.Cl. The van der Waals surface area contributed by atoms with E-state index in [4.69, 9.17) is 9.84 Å². The maximum absolute atomic E-state index is 10.9. The summed E-state index contributed by atoms with van der Waals surface area (Å²) in [6.45, 7) is 1.95. The van der Waals surface area contributed by atoms with Crippen LogP contribution < -0.4 is 10.1 Å². The Morgan fingerprint density at radius 1 is 1.56 bits per heavy atom. The zero-order valence-electron chi connectivity index (χ0n) is 9.11. The number of aryl methyl sites for hydroxylation is 1. The van der Waals surface area contributed by atoms with Gasteiger partial charge in [0.05, 0.1) is 7.11 Å². The third-order valence-electron chi connectivity index (χ3n) is 2.72. The number of hydrogen-bond acceptors (Lipinski definition) is 3. The van der Waals surface area contributed by atoms with Crippen molar-refractivity contribution >= 4 is 24.1 Å². The second kappa shape index (κ2) is 4.61. The molecule has 0 saturated heterocycles. The van der Waals surface area contributed by atoms with Crippen molar-refractivity contribution in [2.45, 2.75) is 19.4 Å². The fourth-order valence-corrected chi connectivity index (χ4v) is 1.92. The van der Waals surface area contributed by atoms with Crippen molar-refractivity contribution in [3.05, 3.63) is 23.3 Å². The second-order valence-corrected chi connectivity index (χ2v) is 3.68. The van der Waals surface area contributed by atoms with Gasteiger partial charge in [0.1, 0.15) is 11.8 Å². The highest BCUT2D eigenvalue weighted by molar-refractivity contribution is 5.85. The summed E-state index contributed by atoms with van der Waals surface area (Å²) in [4.78, 5) is 10.9. The van der Waals surface area contributed by atoms with E-state index in [2.05, 4.69) is 5.32 Å². The number of methoxy groups -OCH3 is 1. The Bertz CT molecular complexity index is 420. The summed E-state index contributed by atoms with van der Waals surface area (Å²) >= 11 is 0. The quantitative estimate of drug-likeness (QED) is 0.832. The van der Waals surface area contributed by atoms with E-state index in [1.54, 1.807) is 7.11 Å². The molecule has 0 aliphatic carbocycles. The van der Waals surface area contributed by atoms with Gasteiger partial charge in [0.2, 0.25) is 0 Å². The molecule has 16 heavy (non-hydrogen) atoms. The smallest absolute Gasteiger partial charge is 0.326 e. The van der Waals surface area contributed by atoms with Crippen LogP contribution in [0.15, 0.2) is 12.1 Å². The molecule has 4 nitrogen and oxygen atoms in total. The third kappa shape index (κ3) is 1.93. The number of aliphatic carboxylic acids is 1. The number of nitrogens with one attached hydrogen (secondary N) is 1. The van der Waals surface area contributed by atoms with Crippen LogP contribution in [-0.2, 0) is 11.2 Å². The van der Waals surface area contributed by atoms with Crippen molar-refractivity contribution in [2.24, 2.45) is 0 Å². The van der Waals surface area contributed by atoms with Gasteiger partial charge in [-0.25, -0.2) is 4.79 Å². The molecule has 1 heterocycles. The molecule has 0 bridgehead atoms. The Kier molecular flexibility index (Phi) is 3.65. The normalized spacial score (nSPS) is 17.0. The zero-order valence-corrected chi connectivity index (χ0v) is 9.93. The van der Waals surface area contributed by atoms with E-state index < -0.39 is 12.0 Å². The van der Waals surface area contributed by atoms with E-state index in [0.29, 0.717) is 6.42 Å². The summed E-state index contributed by atoms with van der Waals surface area (Å²) in [5.74, 6) is -0.0699. The van der Waals surface area contributed by atoms with E-state index in [-0.39, 0.29) is 12.4 Å². The maximum atomic E-state index is 10.9. The largest absolute Gasteiger partial charge is 0.496 e. The molecule has 0 amide bonds. The van der Waals surface area contributed by atoms with Gasteiger partial charge in [-0.1, -0.05) is 6.07 Å². The van der Waals surface area contributed by atoms with Crippen LogP contribution in [0.25, 0.3) is 0 Å². The van der Waals surface area contributed by atoms with Gasteiger partial charge in [0, 0.05) is 17.7 Å². The number of benzene rings is 1. The zero-order chi connectivity index (χ0) is 11.0. The molecular weight excluding hydrogens is 230 g/mol. The molecule has 0 radical (unpaired) electrons. The highest BCUT2D eigenvalue weighted by Gasteiger charge is 2.29. The molecule has 1 aliphatic rings. The molecule has 1 aliphatic heterocycles. The van der Waals surface area contributed by atoms with Crippen LogP contribution in [0, 0.1) is 6.92 Å². The molecule has 1 aromatic carbocycles. The first-order valence-electron chi connectivity index (χ1n) is 4.79. The molecule has 0 aromatic heterocycles. The molecule has 5 heteroatoms. The van der Waals surface area contributed by atoms with Gasteiger partial charge < -0.3 is 15.2 Å². The average molecular weight is 244 g/mol. The summed E-state index contributed by atoms with van der Waals surface area (Å²) < 4.78 is 5.21. The molecule has 0 fully saturated rings. The number of fused-ring (bicyclic) bond motifs is 1. The van der Waals surface area contributed by atoms with Crippen molar-refractivity contribution in [2.75, 3.05) is 12.4 Å². The molecular formula is C11H14ClNO3. The number of carboxylic acids is 1. The van der Waals surface area contributed by atoms with Crippen molar-refractivity contribution in [3.63, 3.8) is 0 Å². The lowest BCUT2D eigenvalue weighted by molar-refractivity contribution is -0.137. The van der Waals surface area contributed by atoms with Crippen LogP contribution in [0.4, 0.5) is 5.69 Å². The molecule has 1 unspecified atom stereocenters. The van der Waals surface area contributed by atoms with Crippen LogP contribution in [0.3, 0.4) is 0 Å². The Morgan fingerprint density at radius 2 is 2.25 bits per heavy atom. The fraction of sp³-hybridized carbons (Fsp3) is 0.364. The van der Waals surface area contributed by atoms with Gasteiger partial charge >= 0.3 is 5.97 Å². The summed E-state index contributed by atoms with van der Waals surface area (Å²) in [6.07, 6.45) is 0.482. The number of rotatable bonds is 2. The van der Waals surface area contributed by atoms with E-state index >= 15 is 0 Å². The van der Waals surface area contributed by atoms with Crippen LogP contribution in [0.1, 0.15) is 11.1 Å². The van der Waals surface area contributed by atoms with E-state index in [9.17, 15) is 4.79 Å². The van der Waals surface area contributed by atoms with Crippen molar-refractivity contribution < 1.29 is 14.6 Å². The second-order valence-electron chi connectivity index (χ2n) is 3.68. The third-order valence-corrected chi connectivity index (χ3v) is 2.72. The molecule has 1 atom stereocenters. The molecule has 88 valence electrons. The fourth-order valence-electron chi connectivity index (χ4n) is 1.92. The lowest BCUT2D eigenvalue weighted by atomic mass is 10.1. The number of anilines is 1. The Labute approximate surface area is 100 Å². The first-order chi connectivity index (χ1) is 7.13. The minimum atomic E-state index is -0.826. The molecule has 0 spiro atoms. The monoisotopic (exact) mass is 243 g/mol. The summed E-state index contributed by atoms with van der Waals surface area (Å²) in [7, 11) is 1.60. The molecule has 2 rings (SSSR count). The van der Waals surface area contributed by atoms with Gasteiger partial charge in [-0.05, 0) is 18.6 Å². The number of halogens is 1. The Morgan fingerprint density at radius 3 is 2.81 bits per heavy atom. The van der Waals surface area contributed by atoms with Gasteiger partial charge in [-0.2, -0.15) is 0 Å². The number of hydrogen-bond donors (Lipinski definition) is 2. The first kappa shape index (κ1) is 12.6. The molecule has 0 saturated carbocycles. The van der Waals surface area contributed by atoms with Crippen LogP contribution in [0.2, 0.25) is 0 Å². The molecule has 1 aromatic rings. The van der Waals surface area contributed by atoms with E-state index in [1.807, 2.05) is 19.1 Å². The lowest BCUT2D eigenvalue weighted by Crippen LogP contribution is -2.26. The highest BCUT2D eigenvalue weighted by atomic mass is 35.5. The predicted octanol–water partition coefficient (Wildman–Crippen LogP) is 1.85. The van der Waals surface area contributed by atoms with Gasteiger partial charge in [-0.3, -0.25) is 0 Å². The maximum Gasteiger partial charge on any atom is 0.326 e.